The van der Waals surface area contributed by atoms with Crippen LogP contribution in [0.25, 0.3) is 123 Å². The minimum Gasteiger partial charge on any atom is -0.308 e. The first-order valence-corrected chi connectivity index (χ1v) is 23.0. The molecule has 13 rings (SSSR count). The fourth-order valence-corrected chi connectivity index (χ4v) is 9.98. The van der Waals surface area contributed by atoms with E-state index in [1.54, 1.807) is 0 Å². The number of para-hydroxylation sites is 3. The Morgan fingerprint density at radius 3 is 1.13 bits per heavy atom. The molecule has 5 nitrogen and oxygen atoms in total. The molecule has 0 aliphatic rings. The third kappa shape index (κ3) is 6.68. The van der Waals surface area contributed by atoms with Gasteiger partial charge in [-0.3, -0.25) is 4.57 Å². The summed E-state index contributed by atoms with van der Waals surface area (Å²) < 4.78 is 4.71. The molecule has 0 unspecified atom stereocenters. The summed E-state index contributed by atoms with van der Waals surface area (Å²) in [5.74, 6) is 1.77. The Labute approximate surface area is 393 Å². The molecule has 5 heteroatoms. The number of rotatable bonds is 8. The van der Waals surface area contributed by atoms with Crippen molar-refractivity contribution in [1.29, 1.82) is 0 Å². The number of hydrogen-bond acceptors (Lipinski definition) is 3. The zero-order chi connectivity index (χ0) is 45.0. The molecule has 0 saturated carbocycles. The SMILES string of the molecule is c1ccc(-c2ccc(-c3nc(-c4ccccc4)nc(-n4c5ccccc5c5cc6c7ccccc7n(-c7c(-c8ccccc8)cccc7-c7ccc(-c8ccccc8)cc7)c6cc54)n3)cc2)cc1. The van der Waals surface area contributed by atoms with Gasteiger partial charge in [-0.15, -0.1) is 0 Å². The van der Waals surface area contributed by atoms with E-state index in [2.05, 4.69) is 234 Å². The summed E-state index contributed by atoms with van der Waals surface area (Å²) in [7, 11) is 0. The third-order valence-electron chi connectivity index (χ3n) is 13.2. The molecule has 0 spiro atoms. The largest absolute Gasteiger partial charge is 0.308 e. The minimum absolute atomic E-state index is 0.554. The summed E-state index contributed by atoms with van der Waals surface area (Å²) in [6.45, 7) is 0. The number of fused-ring (bicyclic) bond motifs is 6. The van der Waals surface area contributed by atoms with Gasteiger partial charge in [-0.2, -0.15) is 9.97 Å². The molecule has 318 valence electrons. The van der Waals surface area contributed by atoms with Crippen LogP contribution in [-0.2, 0) is 0 Å². The summed E-state index contributed by atoms with van der Waals surface area (Å²) in [6, 6.07) is 88.3. The summed E-state index contributed by atoms with van der Waals surface area (Å²) in [5.41, 5.74) is 16.4. The molecule has 3 heterocycles. The molecule has 0 radical (unpaired) electrons. The Kier molecular flexibility index (Phi) is 9.43. The second kappa shape index (κ2) is 16.4. The Morgan fingerprint density at radius 1 is 0.235 bits per heavy atom. The molecule has 0 aliphatic heterocycles. The van der Waals surface area contributed by atoms with Crippen LogP contribution in [0.2, 0.25) is 0 Å². The van der Waals surface area contributed by atoms with Crippen molar-refractivity contribution in [2.75, 3.05) is 0 Å². The van der Waals surface area contributed by atoms with E-state index in [1.807, 2.05) is 24.3 Å². The second-order valence-electron chi connectivity index (χ2n) is 17.2. The molecule has 68 heavy (non-hydrogen) atoms. The van der Waals surface area contributed by atoms with Crippen molar-refractivity contribution in [3.8, 4) is 78.9 Å². The highest BCUT2D eigenvalue weighted by Gasteiger charge is 2.24. The molecular formula is C63H41N5. The molecule has 10 aromatic carbocycles. The van der Waals surface area contributed by atoms with Gasteiger partial charge in [0.25, 0.3) is 0 Å². The van der Waals surface area contributed by atoms with Crippen LogP contribution < -0.4 is 0 Å². The molecule has 0 fully saturated rings. The Bertz CT molecular complexity index is 3970. The van der Waals surface area contributed by atoms with Crippen LogP contribution in [-0.4, -0.2) is 24.1 Å². The molecule has 13 aromatic rings. The van der Waals surface area contributed by atoms with Crippen LogP contribution in [0, 0.1) is 0 Å². The van der Waals surface area contributed by atoms with Crippen molar-refractivity contribution < 1.29 is 0 Å². The van der Waals surface area contributed by atoms with Gasteiger partial charge in [-0.25, -0.2) is 4.98 Å². The van der Waals surface area contributed by atoms with E-state index in [1.165, 1.54) is 21.9 Å². The Morgan fingerprint density at radius 2 is 0.603 bits per heavy atom. The fourth-order valence-electron chi connectivity index (χ4n) is 9.98. The van der Waals surface area contributed by atoms with Crippen LogP contribution in [0.15, 0.2) is 249 Å². The zero-order valence-corrected chi connectivity index (χ0v) is 36.9. The van der Waals surface area contributed by atoms with Crippen molar-refractivity contribution >= 4 is 43.6 Å². The lowest BCUT2D eigenvalue weighted by molar-refractivity contribution is 0.953. The predicted molar refractivity (Wildman–Crippen MR) is 281 cm³/mol. The molecule has 3 aromatic heterocycles. The van der Waals surface area contributed by atoms with Crippen LogP contribution in [0.3, 0.4) is 0 Å². The molecule has 0 aliphatic carbocycles. The van der Waals surface area contributed by atoms with Crippen molar-refractivity contribution in [1.82, 2.24) is 24.1 Å². The zero-order valence-electron chi connectivity index (χ0n) is 36.9. The van der Waals surface area contributed by atoms with Crippen LogP contribution in [0.4, 0.5) is 0 Å². The van der Waals surface area contributed by atoms with E-state index in [-0.39, 0.29) is 0 Å². The van der Waals surface area contributed by atoms with E-state index in [4.69, 9.17) is 15.0 Å². The van der Waals surface area contributed by atoms with E-state index in [0.29, 0.717) is 17.6 Å². The average Bonchev–Trinajstić information content (AvgIpc) is 3.92. The Hall–Kier alpha value is -9.19. The van der Waals surface area contributed by atoms with Gasteiger partial charge in [0.05, 0.1) is 27.8 Å². The summed E-state index contributed by atoms with van der Waals surface area (Å²) in [6.07, 6.45) is 0. The van der Waals surface area contributed by atoms with Gasteiger partial charge in [0.1, 0.15) is 0 Å². The second-order valence-corrected chi connectivity index (χ2v) is 17.2. The van der Waals surface area contributed by atoms with E-state index < -0.39 is 0 Å². The molecular weight excluding hydrogens is 827 g/mol. The first kappa shape index (κ1) is 39.2. The monoisotopic (exact) mass is 867 g/mol. The summed E-state index contributed by atoms with van der Waals surface area (Å²) >= 11 is 0. The lowest BCUT2D eigenvalue weighted by atomic mass is 9.94. The van der Waals surface area contributed by atoms with E-state index >= 15 is 0 Å². The van der Waals surface area contributed by atoms with Gasteiger partial charge in [0.15, 0.2) is 11.6 Å². The van der Waals surface area contributed by atoms with Gasteiger partial charge in [-0.05, 0) is 57.6 Å². The number of aromatic nitrogens is 5. The number of nitrogens with zero attached hydrogens (tertiary/aromatic N) is 5. The lowest BCUT2D eigenvalue weighted by Crippen LogP contribution is -2.06. The molecule has 0 N–H and O–H groups in total. The summed E-state index contributed by atoms with van der Waals surface area (Å²) in [4.78, 5) is 15.8. The maximum Gasteiger partial charge on any atom is 0.238 e. The van der Waals surface area contributed by atoms with E-state index in [0.717, 1.165) is 83.0 Å². The maximum atomic E-state index is 5.35. The first-order valence-electron chi connectivity index (χ1n) is 23.0. The van der Waals surface area contributed by atoms with Gasteiger partial charge < -0.3 is 4.57 Å². The molecule has 0 amide bonds. The number of hydrogen-bond donors (Lipinski definition) is 0. The highest BCUT2D eigenvalue weighted by Crippen LogP contribution is 2.44. The van der Waals surface area contributed by atoms with Gasteiger partial charge >= 0.3 is 0 Å². The van der Waals surface area contributed by atoms with Crippen LogP contribution in [0.5, 0.6) is 0 Å². The van der Waals surface area contributed by atoms with Crippen LogP contribution >= 0.6 is 0 Å². The minimum atomic E-state index is 0.554. The van der Waals surface area contributed by atoms with Crippen LogP contribution in [0.1, 0.15) is 0 Å². The maximum absolute atomic E-state index is 5.35. The average molecular weight is 868 g/mol. The van der Waals surface area contributed by atoms with Gasteiger partial charge in [0, 0.05) is 43.8 Å². The predicted octanol–water partition coefficient (Wildman–Crippen LogP) is 16.1. The van der Waals surface area contributed by atoms with Gasteiger partial charge in [0.2, 0.25) is 5.95 Å². The van der Waals surface area contributed by atoms with E-state index in [9.17, 15) is 0 Å². The standard InChI is InChI=1S/C63H41N5/c1-5-18-42(19-6-1)44-32-36-47(37-33-44)51-29-17-28-50(46-22-9-3-10-23-46)60(51)67-56-30-15-13-26-52(56)54-40-55-53-27-14-16-31-57(53)68(59(55)41-58(54)67)63-65-61(48-24-11-4-12-25-48)64-62(66-63)49-38-34-45(35-39-49)43-20-7-2-8-21-43/h1-41H. The molecule has 0 saturated heterocycles. The fraction of sp³-hybridized carbons (Fsp3) is 0. The smallest absolute Gasteiger partial charge is 0.238 e. The normalized spacial score (nSPS) is 11.5. The number of benzene rings is 10. The third-order valence-corrected chi connectivity index (χ3v) is 13.2. The van der Waals surface area contributed by atoms with Crippen molar-refractivity contribution in [3.63, 3.8) is 0 Å². The lowest BCUT2D eigenvalue weighted by Gasteiger charge is -2.19. The molecule has 0 bridgehead atoms. The van der Waals surface area contributed by atoms with Gasteiger partial charge in [-0.1, -0.05) is 224 Å². The topological polar surface area (TPSA) is 48.5 Å². The van der Waals surface area contributed by atoms with Crippen molar-refractivity contribution in [2.45, 2.75) is 0 Å². The highest BCUT2D eigenvalue weighted by atomic mass is 15.2. The highest BCUT2D eigenvalue weighted by molar-refractivity contribution is 6.19. The first-order chi connectivity index (χ1) is 33.7. The summed E-state index contributed by atoms with van der Waals surface area (Å²) in [5, 5.41) is 4.60. The van der Waals surface area contributed by atoms with Crippen molar-refractivity contribution in [2.24, 2.45) is 0 Å². The quantitative estimate of drug-likeness (QED) is 0.153. The Balaban J connectivity index is 1.08. The molecule has 0 atom stereocenters. The van der Waals surface area contributed by atoms with Crippen molar-refractivity contribution in [3.05, 3.63) is 249 Å².